The second kappa shape index (κ2) is 6.31. The highest BCUT2D eigenvalue weighted by Gasteiger charge is 2.34. The van der Waals surface area contributed by atoms with Gasteiger partial charge in [-0.1, -0.05) is 0 Å². The Morgan fingerprint density at radius 3 is 2.28 bits per heavy atom. The Morgan fingerprint density at radius 1 is 0.960 bits per heavy atom. The Hall–Kier alpha value is -3.29. The van der Waals surface area contributed by atoms with Gasteiger partial charge in [0, 0.05) is 18.6 Å². The number of carbonyl (C=O) groups excluding carboxylic acids is 3. The molecule has 0 aliphatic rings. The molecule has 0 fully saturated rings. The highest BCUT2D eigenvalue weighted by molar-refractivity contribution is 6.16. The predicted molar refractivity (Wildman–Crippen MR) is 87.0 cm³/mol. The van der Waals surface area contributed by atoms with E-state index in [1.165, 1.54) is 18.6 Å². The second-order valence-electron chi connectivity index (χ2n) is 5.12. The average Bonchev–Trinajstić information content (AvgIpc) is 3.22. The van der Waals surface area contributed by atoms with E-state index in [9.17, 15) is 14.4 Å². The highest BCUT2D eigenvalue weighted by Crippen LogP contribution is 2.29. The van der Waals surface area contributed by atoms with Gasteiger partial charge in [-0.15, -0.1) is 0 Å². The van der Waals surface area contributed by atoms with Crippen molar-refractivity contribution in [3.05, 3.63) is 47.5 Å². The highest BCUT2D eigenvalue weighted by atomic mass is 16.5. The maximum absolute atomic E-state index is 12.5. The molecule has 3 heterocycles. The number of esters is 3. The molecule has 3 aromatic heterocycles. The van der Waals surface area contributed by atoms with E-state index in [-0.39, 0.29) is 23.4 Å². The molecule has 0 bridgehead atoms. The number of methoxy groups -OCH3 is 2. The summed E-state index contributed by atoms with van der Waals surface area (Å²) in [6.07, 6.45) is 5.06. The van der Waals surface area contributed by atoms with Crippen LogP contribution in [0.1, 0.15) is 38.1 Å². The third kappa shape index (κ3) is 2.42. The smallest absolute Gasteiger partial charge is 0.356 e. The maximum Gasteiger partial charge on any atom is 0.356 e. The van der Waals surface area contributed by atoms with Gasteiger partial charge in [0.2, 0.25) is 0 Å². The Bertz CT molecular complexity index is 998. The Balaban J connectivity index is 2.53. The topological polar surface area (TPSA) is 87.7 Å². The van der Waals surface area contributed by atoms with E-state index in [2.05, 4.69) is 0 Å². The van der Waals surface area contributed by atoms with E-state index >= 15 is 0 Å². The van der Waals surface area contributed by atoms with Crippen molar-refractivity contribution in [3.8, 4) is 0 Å². The van der Waals surface area contributed by atoms with Crippen LogP contribution in [0, 0.1) is 0 Å². The second-order valence-corrected chi connectivity index (χ2v) is 5.12. The zero-order valence-corrected chi connectivity index (χ0v) is 13.9. The molecule has 3 rings (SSSR count). The minimum absolute atomic E-state index is 0.0401. The van der Waals surface area contributed by atoms with Gasteiger partial charge in [-0.3, -0.25) is 0 Å². The summed E-state index contributed by atoms with van der Waals surface area (Å²) >= 11 is 0. The minimum Gasteiger partial charge on any atom is -0.465 e. The molecule has 0 saturated carbocycles. The summed E-state index contributed by atoms with van der Waals surface area (Å²) in [7, 11) is 2.38. The molecule has 8 heteroatoms. The SMILES string of the molecule is CCOC(=O)c1c(C(=O)OC)c(C(=O)OC)c2c3cccn3ccn12. The normalized spacial score (nSPS) is 10.8. The Kier molecular flexibility index (Phi) is 4.18. The van der Waals surface area contributed by atoms with E-state index in [0.29, 0.717) is 11.0 Å². The van der Waals surface area contributed by atoms with Crippen LogP contribution in [0.4, 0.5) is 0 Å². The van der Waals surface area contributed by atoms with Crippen LogP contribution in [0.2, 0.25) is 0 Å². The predicted octanol–water partition coefficient (Wildman–Crippen LogP) is 1.94. The summed E-state index contributed by atoms with van der Waals surface area (Å²) in [5.74, 6) is -2.30. The van der Waals surface area contributed by atoms with Gasteiger partial charge in [0.15, 0.2) is 0 Å². The van der Waals surface area contributed by atoms with Crippen LogP contribution >= 0.6 is 0 Å². The van der Waals surface area contributed by atoms with Gasteiger partial charge >= 0.3 is 17.9 Å². The van der Waals surface area contributed by atoms with Crippen molar-refractivity contribution in [2.45, 2.75) is 6.92 Å². The number of nitrogens with zero attached hydrogens (tertiary/aromatic N) is 2. The fraction of sp³-hybridized carbons (Fsp3) is 0.235. The van der Waals surface area contributed by atoms with E-state index < -0.39 is 17.9 Å². The third-order valence-corrected chi connectivity index (χ3v) is 3.85. The van der Waals surface area contributed by atoms with Crippen LogP contribution < -0.4 is 0 Å². The molecular formula is C17H16N2O6. The van der Waals surface area contributed by atoms with Crippen LogP contribution in [-0.4, -0.2) is 47.5 Å². The average molecular weight is 344 g/mol. The standard InChI is InChI=1S/C17H16N2O6/c1-4-25-17(22)14-12(16(21)24-3)11(15(20)23-2)13-10-6-5-7-18(10)8-9-19(13)14/h5-9H,4H2,1-3H3. The molecule has 130 valence electrons. The first-order valence-electron chi connectivity index (χ1n) is 7.52. The molecular weight excluding hydrogens is 328 g/mol. The van der Waals surface area contributed by atoms with Crippen LogP contribution in [0.3, 0.4) is 0 Å². The van der Waals surface area contributed by atoms with Gasteiger partial charge in [-0.05, 0) is 19.1 Å². The van der Waals surface area contributed by atoms with E-state index in [4.69, 9.17) is 14.2 Å². The summed E-state index contributed by atoms with van der Waals surface area (Å²) in [6, 6.07) is 3.54. The number of fused-ring (bicyclic) bond motifs is 3. The molecule has 25 heavy (non-hydrogen) atoms. The molecule has 3 aromatic rings. The summed E-state index contributed by atoms with van der Waals surface area (Å²) in [4.78, 5) is 37.3. The van der Waals surface area contributed by atoms with Crippen molar-refractivity contribution < 1.29 is 28.6 Å². The van der Waals surface area contributed by atoms with E-state index in [1.54, 1.807) is 42.0 Å². The molecule has 0 radical (unpaired) electrons. The largest absolute Gasteiger partial charge is 0.465 e. The number of aromatic nitrogens is 2. The van der Waals surface area contributed by atoms with Crippen LogP contribution in [0.5, 0.6) is 0 Å². The monoisotopic (exact) mass is 344 g/mol. The minimum atomic E-state index is -0.822. The van der Waals surface area contributed by atoms with Gasteiger partial charge in [0.25, 0.3) is 0 Å². The first-order chi connectivity index (χ1) is 12.0. The summed E-state index contributed by atoms with van der Waals surface area (Å²) in [5.41, 5.74) is 0.697. The molecule has 0 aliphatic carbocycles. The van der Waals surface area contributed by atoms with Crippen molar-refractivity contribution in [2.75, 3.05) is 20.8 Å². The summed E-state index contributed by atoms with van der Waals surface area (Å²) < 4.78 is 17.9. The Labute approximate surface area is 142 Å². The fourth-order valence-corrected chi connectivity index (χ4v) is 2.85. The molecule has 0 saturated heterocycles. The van der Waals surface area contributed by atoms with Crippen molar-refractivity contribution >= 4 is 28.9 Å². The van der Waals surface area contributed by atoms with Gasteiger partial charge in [-0.25, -0.2) is 14.4 Å². The number of carbonyl (C=O) groups is 3. The number of hydrogen-bond acceptors (Lipinski definition) is 6. The number of hydrogen-bond donors (Lipinski definition) is 0. The maximum atomic E-state index is 12.5. The van der Waals surface area contributed by atoms with E-state index in [0.717, 1.165) is 0 Å². The fourth-order valence-electron chi connectivity index (χ4n) is 2.85. The van der Waals surface area contributed by atoms with Crippen LogP contribution in [-0.2, 0) is 14.2 Å². The summed E-state index contributed by atoms with van der Waals surface area (Å²) in [5, 5.41) is 0. The van der Waals surface area contributed by atoms with Crippen molar-refractivity contribution in [2.24, 2.45) is 0 Å². The molecule has 0 unspecified atom stereocenters. The molecule has 8 nitrogen and oxygen atoms in total. The van der Waals surface area contributed by atoms with Crippen molar-refractivity contribution in [3.63, 3.8) is 0 Å². The zero-order valence-electron chi connectivity index (χ0n) is 13.9. The molecule has 0 N–H and O–H groups in total. The van der Waals surface area contributed by atoms with Crippen LogP contribution in [0.15, 0.2) is 30.7 Å². The van der Waals surface area contributed by atoms with Gasteiger partial charge < -0.3 is 23.0 Å². The third-order valence-electron chi connectivity index (χ3n) is 3.85. The van der Waals surface area contributed by atoms with Gasteiger partial charge in [-0.2, -0.15) is 0 Å². The molecule has 0 spiro atoms. The lowest BCUT2D eigenvalue weighted by molar-refractivity contribution is 0.0494. The molecule has 0 aromatic carbocycles. The molecule has 0 aliphatic heterocycles. The van der Waals surface area contributed by atoms with Gasteiger partial charge in [0.05, 0.1) is 31.9 Å². The lowest BCUT2D eigenvalue weighted by Gasteiger charge is -2.05. The lowest BCUT2D eigenvalue weighted by atomic mass is 10.1. The molecule has 0 amide bonds. The zero-order chi connectivity index (χ0) is 18.1. The lowest BCUT2D eigenvalue weighted by Crippen LogP contribution is -2.16. The van der Waals surface area contributed by atoms with E-state index in [1.807, 2.05) is 0 Å². The van der Waals surface area contributed by atoms with Crippen LogP contribution in [0.25, 0.3) is 11.0 Å². The van der Waals surface area contributed by atoms with Gasteiger partial charge in [0.1, 0.15) is 16.8 Å². The first-order valence-corrected chi connectivity index (χ1v) is 7.52. The van der Waals surface area contributed by atoms with Crippen molar-refractivity contribution in [1.29, 1.82) is 0 Å². The first kappa shape index (κ1) is 16.6. The number of rotatable bonds is 4. The van der Waals surface area contributed by atoms with Crippen molar-refractivity contribution in [1.82, 2.24) is 8.80 Å². The quantitative estimate of drug-likeness (QED) is 0.531. The Morgan fingerprint density at radius 2 is 1.64 bits per heavy atom. The summed E-state index contributed by atoms with van der Waals surface area (Å²) in [6.45, 7) is 1.77. The molecule has 0 atom stereocenters. The number of ether oxygens (including phenoxy) is 3.